The highest BCUT2D eigenvalue weighted by atomic mass is 14.5. The Morgan fingerprint density at radius 3 is 1.57 bits per heavy atom. The second kappa shape index (κ2) is 7.62. The molecule has 0 atom stereocenters. The van der Waals surface area contributed by atoms with Gasteiger partial charge in [-0.1, -0.05) is 113 Å². The van der Waals surface area contributed by atoms with E-state index in [4.69, 9.17) is 5.73 Å². The third-order valence-corrected chi connectivity index (χ3v) is 4.02. The summed E-state index contributed by atoms with van der Waals surface area (Å²) in [7, 11) is 0. The Balaban J connectivity index is 2.16. The number of benzene rings is 3. The van der Waals surface area contributed by atoms with E-state index in [0.29, 0.717) is 6.54 Å². The minimum absolute atomic E-state index is 0.184. The van der Waals surface area contributed by atoms with Crippen molar-refractivity contribution in [1.29, 1.82) is 0 Å². The molecule has 0 bridgehead atoms. The fourth-order valence-electron chi connectivity index (χ4n) is 3.00. The van der Waals surface area contributed by atoms with E-state index in [-0.39, 0.29) is 6.71 Å². The zero-order chi connectivity index (χ0) is 15.9. The average Bonchev–Trinajstić information content (AvgIpc) is 2.64. The highest BCUT2D eigenvalue weighted by Crippen LogP contribution is 2.17. The van der Waals surface area contributed by atoms with Gasteiger partial charge >= 0.3 is 0 Å². The summed E-state index contributed by atoms with van der Waals surface area (Å²) in [6.45, 7) is 0.712. The van der Waals surface area contributed by atoms with E-state index in [1.54, 1.807) is 0 Å². The van der Waals surface area contributed by atoms with Crippen LogP contribution in [0, 0.1) is 0 Å². The third kappa shape index (κ3) is 3.61. The van der Waals surface area contributed by atoms with E-state index in [9.17, 15) is 0 Å². The molecule has 2 heteroatoms. The maximum Gasteiger partial charge on any atom is 0.241 e. The molecule has 0 unspecified atom stereocenters. The number of hydrogen-bond donors (Lipinski definition) is 1. The molecule has 0 spiro atoms. The first-order valence-corrected chi connectivity index (χ1v) is 7.95. The van der Waals surface area contributed by atoms with Crippen LogP contribution in [0.1, 0.15) is 5.56 Å². The number of hydrogen-bond acceptors (Lipinski definition) is 1. The van der Waals surface area contributed by atoms with Gasteiger partial charge in [-0.25, -0.2) is 0 Å². The van der Waals surface area contributed by atoms with Gasteiger partial charge in [-0.05, 0) is 5.56 Å². The second-order valence-electron chi connectivity index (χ2n) is 5.52. The molecule has 23 heavy (non-hydrogen) atoms. The SMILES string of the molecule is NCC=C(B(c1ccccc1)c1ccccc1)c1ccccc1. The van der Waals surface area contributed by atoms with Crippen LogP contribution in [0.25, 0.3) is 5.47 Å². The minimum Gasteiger partial charge on any atom is -0.327 e. The summed E-state index contributed by atoms with van der Waals surface area (Å²) < 4.78 is 0. The standard InChI is InChI=1S/C21H20BN/c23-17-16-21(18-10-4-1-5-11-18)22(19-12-6-2-7-13-19)20-14-8-3-9-15-20/h1-16H,17,23H2. The van der Waals surface area contributed by atoms with E-state index in [1.165, 1.54) is 22.0 Å². The van der Waals surface area contributed by atoms with Gasteiger partial charge in [0.1, 0.15) is 0 Å². The monoisotopic (exact) mass is 297 g/mol. The summed E-state index contributed by atoms with van der Waals surface area (Å²) in [6.07, 6.45) is 2.14. The fraction of sp³-hybridized carbons (Fsp3) is 0.0476. The molecule has 0 amide bonds. The van der Waals surface area contributed by atoms with E-state index >= 15 is 0 Å². The molecule has 3 aromatic rings. The summed E-state index contributed by atoms with van der Waals surface area (Å²) in [5, 5.41) is 0. The molecule has 3 rings (SSSR count). The molecular formula is C21H20BN. The van der Waals surface area contributed by atoms with E-state index in [0.717, 1.165) is 0 Å². The average molecular weight is 297 g/mol. The van der Waals surface area contributed by atoms with Crippen LogP contribution in [0.5, 0.6) is 0 Å². The van der Waals surface area contributed by atoms with Crippen LogP contribution in [0.15, 0.2) is 97.1 Å². The molecule has 1 nitrogen and oxygen atoms in total. The molecular weight excluding hydrogens is 277 g/mol. The Kier molecular flexibility index (Phi) is 5.07. The predicted molar refractivity (Wildman–Crippen MR) is 101 cm³/mol. The molecule has 0 saturated heterocycles. The first-order valence-electron chi connectivity index (χ1n) is 7.95. The van der Waals surface area contributed by atoms with Gasteiger partial charge in [0.25, 0.3) is 0 Å². The van der Waals surface area contributed by atoms with Gasteiger partial charge in [0.05, 0.1) is 0 Å². The first-order chi connectivity index (χ1) is 11.4. The highest BCUT2D eigenvalue weighted by molar-refractivity contribution is 6.99. The van der Waals surface area contributed by atoms with Crippen LogP contribution in [-0.4, -0.2) is 13.3 Å². The lowest BCUT2D eigenvalue weighted by Gasteiger charge is -2.19. The molecule has 0 aliphatic carbocycles. The molecule has 2 N–H and O–H groups in total. The summed E-state index contributed by atoms with van der Waals surface area (Å²) in [4.78, 5) is 0. The summed E-state index contributed by atoms with van der Waals surface area (Å²) in [5.74, 6) is 0. The van der Waals surface area contributed by atoms with Crippen LogP contribution in [0.2, 0.25) is 0 Å². The van der Waals surface area contributed by atoms with Crippen molar-refractivity contribution in [3.63, 3.8) is 0 Å². The van der Waals surface area contributed by atoms with E-state index in [1.807, 2.05) is 6.07 Å². The molecule has 0 aromatic heterocycles. The van der Waals surface area contributed by atoms with Gasteiger partial charge in [0.2, 0.25) is 6.71 Å². The first kappa shape index (κ1) is 15.3. The number of nitrogens with two attached hydrogens (primary N) is 1. The minimum atomic E-state index is 0.184. The van der Waals surface area contributed by atoms with Crippen molar-refractivity contribution in [2.24, 2.45) is 5.73 Å². The second-order valence-corrected chi connectivity index (χ2v) is 5.52. The molecule has 0 fully saturated rings. The maximum absolute atomic E-state index is 5.88. The Labute approximate surface area is 138 Å². The van der Waals surface area contributed by atoms with Crippen molar-refractivity contribution < 1.29 is 0 Å². The Bertz CT molecular complexity index is 712. The van der Waals surface area contributed by atoms with Crippen molar-refractivity contribution in [3.05, 3.63) is 103 Å². The normalized spacial score (nSPS) is 11.3. The zero-order valence-corrected chi connectivity index (χ0v) is 13.1. The van der Waals surface area contributed by atoms with Crippen LogP contribution in [0.4, 0.5) is 0 Å². The maximum atomic E-state index is 5.88. The molecule has 0 aliphatic heterocycles. The summed E-state index contributed by atoms with van der Waals surface area (Å²) in [6, 6.07) is 31.7. The van der Waals surface area contributed by atoms with Gasteiger partial charge in [0.15, 0.2) is 0 Å². The highest BCUT2D eigenvalue weighted by Gasteiger charge is 2.24. The Morgan fingerprint density at radius 1 is 0.696 bits per heavy atom. The van der Waals surface area contributed by atoms with Crippen molar-refractivity contribution in [2.45, 2.75) is 0 Å². The van der Waals surface area contributed by atoms with Gasteiger partial charge < -0.3 is 5.73 Å². The fourth-order valence-corrected chi connectivity index (χ4v) is 3.00. The largest absolute Gasteiger partial charge is 0.327 e. The lowest BCUT2D eigenvalue weighted by atomic mass is 9.35. The van der Waals surface area contributed by atoms with E-state index in [2.05, 4.69) is 91.0 Å². The van der Waals surface area contributed by atoms with Gasteiger partial charge in [-0.15, -0.1) is 0 Å². The quantitative estimate of drug-likeness (QED) is 0.720. The van der Waals surface area contributed by atoms with Gasteiger partial charge in [0, 0.05) is 6.54 Å². The lowest BCUT2D eigenvalue weighted by molar-refractivity contribution is 1.26. The smallest absolute Gasteiger partial charge is 0.241 e. The van der Waals surface area contributed by atoms with Crippen LogP contribution < -0.4 is 16.7 Å². The van der Waals surface area contributed by atoms with E-state index < -0.39 is 0 Å². The molecule has 0 radical (unpaired) electrons. The van der Waals surface area contributed by atoms with Gasteiger partial charge in [-0.2, -0.15) is 0 Å². The van der Waals surface area contributed by atoms with Crippen molar-refractivity contribution in [2.75, 3.05) is 6.54 Å². The van der Waals surface area contributed by atoms with Crippen LogP contribution >= 0.6 is 0 Å². The van der Waals surface area contributed by atoms with Crippen LogP contribution in [-0.2, 0) is 0 Å². The number of rotatable bonds is 5. The Hall–Kier alpha value is -2.58. The van der Waals surface area contributed by atoms with Gasteiger partial charge in [-0.3, -0.25) is 0 Å². The summed E-state index contributed by atoms with van der Waals surface area (Å²) in [5.41, 5.74) is 10.9. The Morgan fingerprint density at radius 2 is 1.13 bits per heavy atom. The zero-order valence-electron chi connectivity index (χ0n) is 13.1. The molecule has 3 aromatic carbocycles. The van der Waals surface area contributed by atoms with Crippen LogP contribution in [0.3, 0.4) is 0 Å². The topological polar surface area (TPSA) is 26.0 Å². The summed E-state index contributed by atoms with van der Waals surface area (Å²) >= 11 is 0. The lowest BCUT2D eigenvalue weighted by Crippen LogP contribution is -2.43. The van der Waals surface area contributed by atoms with Crippen molar-refractivity contribution >= 4 is 23.1 Å². The van der Waals surface area contributed by atoms with Crippen molar-refractivity contribution in [3.8, 4) is 0 Å². The third-order valence-electron chi connectivity index (χ3n) is 4.02. The van der Waals surface area contributed by atoms with Crippen molar-refractivity contribution in [1.82, 2.24) is 0 Å². The molecule has 112 valence electrons. The molecule has 0 heterocycles. The molecule has 0 aliphatic rings. The predicted octanol–water partition coefficient (Wildman–Crippen LogP) is 2.88. The molecule has 0 saturated carbocycles.